The summed E-state index contributed by atoms with van der Waals surface area (Å²) in [6.45, 7) is 0.345. The summed E-state index contributed by atoms with van der Waals surface area (Å²) < 4.78 is 4.12. The average molecular weight is 261 g/mol. The summed E-state index contributed by atoms with van der Waals surface area (Å²) in [7, 11) is 0. The first kappa shape index (κ1) is 15.6. The Kier molecular flexibility index (Phi) is 6.81. The van der Waals surface area contributed by atoms with Crippen LogP contribution in [0.5, 0.6) is 0 Å². The highest BCUT2D eigenvalue weighted by Crippen LogP contribution is 1.96. The third kappa shape index (κ3) is 7.87. The molecule has 0 radical (unpaired) electrons. The van der Waals surface area contributed by atoms with Crippen molar-refractivity contribution >= 4 is 24.1 Å². The van der Waals surface area contributed by atoms with Crippen molar-refractivity contribution < 1.29 is 24.2 Å². The second-order valence-electron chi connectivity index (χ2n) is 3.23. The molecule has 0 aliphatic rings. The molecule has 1 atom stereocenters. The molecule has 0 rings (SSSR count). The minimum atomic E-state index is -1.63. The maximum atomic E-state index is 11.2. The lowest BCUT2D eigenvalue weighted by Crippen LogP contribution is -2.39. The van der Waals surface area contributed by atoms with Crippen molar-refractivity contribution in [3.8, 4) is 0 Å². The highest BCUT2D eigenvalue weighted by atomic mass is 16.6. The van der Waals surface area contributed by atoms with E-state index in [2.05, 4.69) is 10.1 Å². The molecule has 0 heterocycles. The Balaban J connectivity index is 3.85. The molecule has 0 aromatic heterocycles. The fourth-order valence-corrected chi connectivity index (χ4v) is 0.943. The highest BCUT2D eigenvalue weighted by Gasteiger charge is 2.19. The Morgan fingerprint density at radius 3 is 2.50 bits per heavy atom. The van der Waals surface area contributed by atoms with E-state index in [1.807, 2.05) is 0 Å². The van der Waals surface area contributed by atoms with Crippen molar-refractivity contribution in [2.24, 2.45) is 11.5 Å². The average Bonchev–Trinajstić information content (AvgIpc) is 2.22. The molecule has 0 bridgehead atoms. The molecule has 0 spiro atoms. The number of alkyl carbamates (subject to hydrolysis) is 1. The van der Waals surface area contributed by atoms with Crippen molar-refractivity contribution in [3.63, 3.8) is 0 Å². The van der Waals surface area contributed by atoms with Crippen LogP contribution < -0.4 is 22.1 Å². The third-order valence-electron chi connectivity index (χ3n) is 1.71. The quantitative estimate of drug-likeness (QED) is 0.114. The molecule has 102 valence electrons. The molecule has 0 saturated carbocycles. The van der Waals surface area contributed by atoms with Gasteiger partial charge in [0.2, 0.25) is 0 Å². The zero-order chi connectivity index (χ0) is 14.1. The Morgan fingerprint density at radius 1 is 1.39 bits per heavy atom. The molecule has 0 fully saturated rings. The minimum Gasteiger partial charge on any atom is -0.465 e. The number of carbonyl (C=O) groups is 3. The molecule has 8 N–H and O–H groups in total. The number of rotatable bonds is 5. The van der Waals surface area contributed by atoms with Crippen LogP contribution in [-0.4, -0.2) is 41.8 Å². The van der Waals surface area contributed by atoms with Gasteiger partial charge in [-0.25, -0.2) is 19.7 Å². The van der Waals surface area contributed by atoms with E-state index in [-0.39, 0.29) is 12.4 Å². The van der Waals surface area contributed by atoms with Crippen LogP contribution in [0.2, 0.25) is 0 Å². The smallest absolute Gasteiger partial charge is 0.424 e. The van der Waals surface area contributed by atoms with Gasteiger partial charge in [-0.1, -0.05) is 0 Å². The summed E-state index contributed by atoms with van der Waals surface area (Å²) in [5.41, 5.74) is 10.4. The van der Waals surface area contributed by atoms with Crippen LogP contribution in [0.4, 0.5) is 9.59 Å². The van der Waals surface area contributed by atoms with Gasteiger partial charge in [-0.05, 0) is 12.8 Å². The van der Waals surface area contributed by atoms with Crippen LogP contribution in [0.1, 0.15) is 12.8 Å². The van der Waals surface area contributed by atoms with Crippen LogP contribution in [-0.2, 0) is 9.53 Å². The van der Waals surface area contributed by atoms with E-state index in [9.17, 15) is 14.4 Å². The van der Waals surface area contributed by atoms with E-state index in [0.29, 0.717) is 13.0 Å². The van der Waals surface area contributed by atoms with Crippen molar-refractivity contribution in [2.45, 2.75) is 18.9 Å². The number of imide groups is 1. The summed E-state index contributed by atoms with van der Waals surface area (Å²) in [5, 5.41) is 18.9. The van der Waals surface area contributed by atoms with E-state index >= 15 is 0 Å². The highest BCUT2D eigenvalue weighted by molar-refractivity contribution is 5.94. The summed E-state index contributed by atoms with van der Waals surface area (Å²) in [5.74, 6) is -1.23. The minimum absolute atomic E-state index is 0.194. The van der Waals surface area contributed by atoms with Crippen molar-refractivity contribution in [2.75, 3.05) is 6.54 Å². The lowest BCUT2D eigenvalue weighted by molar-refractivity contribution is -0.138. The van der Waals surface area contributed by atoms with Gasteiger partial charge in [-0.3, -0.25) is 5.41 Å². The van der Waals surface area contributed by atoms with Gasteiger partial charge in [0.25, 0.3) is 0 Å². The standard InChI is InChI=1S/C8H15N5O5/c9-4(2-1-3-12-6(10)11)5(14)18-8(17)13-7(15)16/h4H,1-3,9H2,(H,13,17)(H,15,16)(H4,10,11,12)/t4-/m0/s1. The van der Waals surface area contributed by atoms with Gasteiger partial charge in [-0.15, -0.1) is 0 Å². The van der Waals surface area contributed by atoms with Gasteiger partial charge in [0.05, 0.1) is 0 Å². The molecule has 0 aromatic carbocycles. The second kappa shape index (κ2) is 7.84. The van der Waals surface area contributed by atoms with Crippen LogP contribution in [0, 0.1) is 5.41 Å². The molecule has 0 unspecified atom stereocenters. The van der Waals surface area contributed by atoms with Gasteiger partial charge < -0.3 is 26.6 Å². The van der Waals surface area contributed by atoms with Crippen molar-refractivity contribution in [1.82, 2.24) is 10.6 Å². The predicted octanol–water partition coefficient (Wildman–Crippen LogP) is -1.49. The number of amides is 2. The number of nitrogens with two attached hydrogens (primary N) is 2. The zero-order valence-corrected chi connectivity index (χ0v) is 9.43. The van der Waals surface area contributed by atoms with E-state index in [1.54, 1.807) is 0 Å². The number of carboxylic acid groups (broad SMARTS) is 1. The van der Waals surface area contributed by atoms with Gasteiger partial charge in [0.15, 0.2) is 5.96 Å². The van der Waals surface area contributed by atoms with Crippen molar-refractivity contribution in [3.05, 3.63) is 0 Å². The van der Waals surface area contributed by atoms with E-state index in [1.165, 1.54) is 5.32 Å². The normalized spacial score (nSPS) is 11.2. The number of guanidine groups is 1. The maximum Gasteiger partial charge on any atom is 0.424 e. The molecule has 2 amide bonds. The first-order valence-electron chi connectivity index (χ1n) is 4.92. The Morgan fingerprint density at radius 2 is 2.00 bits per heavy atom. The largest absolute Gasteiger partial charge is 0.465 e. The van der Waals surface area contributed by atoms with Crippen LogP contribution in [0.25, 0.3) is 0 Å². The fraction of sp³-hybridized carbons (Fsp3) is 0.500. The third-order valence-corrected chi connectivity index (χ3v) is 1.71. The molecule has 0 aliphatic heterocycles. The number of nitrogens with one attached hydrogen (secondary N) is 3. The van der Waals surface area contributed by atoms with E-state index < -0.39 is 24.2 Å². The Labute approximate surface area is 102 Å². The van der Waals surface area contributed by atoms with Crippen LogP contribution in [0.3, 0.4) is 0 Å². The molecule has 10 heteroatoms. The van der Waals surface area contributed by atoms with Crippen LogP contribution in [0.15, 0.2) is 0 Å². The molecule has 0 saturated heterocycles. The summed E-state index contributed by atoms with van der Waals surface area (Å²) >= 11 is 0. The number of ether oxygens (including phenoxy) is 1. The first-order valence-corrected chi connectivity index (χ1v) is 4.92. The fourth-order valence-electron chi connectivity index (χ4n) is 0.943. The molecular formula is C8H15N5O5. The lowest BCUT2D eigenvalue weighted by Gasteiger charge is -2.10. The lowest BCUT2D eigenvalue weighted by atomic mass is 10.2. The maximum absolute atomic E-state index is 11.2. The number of carbonyl (C=O) groups excluding carboxylic acids is 2. The van der Waals surface area contributed by atoms with Crippen molar-refractivity contribution in [1.29, 1.82) is 5.41 Å². The van der Waals surface area contributed by atoms with E-state index in [0.717, 1.165) is 0 Å². The Hall–Kier alpha value is -2.36. The molecule has 0 aromatic rings. The first-order chi connectivity index (χ1) is 8.32. The molecule has 10 nitrogen and oxygen atoms in total. The van der Waals surface area contributed by atoms with Crippen LogP contribution >= 0.6 is 0 Å². The monoisotopic (exact) mass is 261 g/mol. The molecule has 18 heavy (non-hydrogen) atoms. The predicted molar refractivity (Wildman–Crippen MR) is 59.8 cm³/mol. The summed E-state index contributed by atoms with van der Waals surface area (Å²) in [6.07, 6.45) is -2.41. The topological polar surface area (TPSA) is 181 Å². The summed E-state index contributed by atoms with van der Waals surface area (Å²) in [6, 6.07) is -1.06. The number of esters is 1. The van der Waals surface area contributed by atoms with Gasteiger partial charge >= 0.3 is 18.2 Å². The van der Waals surface area contributed by atoms with Gasteiger partial charge in [0.1, 0.15) is 6.04 Å². The molecular weight excluding hydrogens is 246 g/mol. The zero-order valence-electron chi connectivity index (χ0n) is 9.43. The molecule has 0 aliphatic carbocycles. The van der Waals surface area contributed by atoms with E-state index in [4.69, 9.17) is 22.0 Å². The Bertz CT molecular complexity index is 345. The number of hydrogen-bond donors (Lipinski definition) is 6. The van der Waals surface area contributed by atoms with Gasteiger partial charge in [-0.2, -0.15) is 0 Å². The second-order valence-corrected chi connectivity index (χ2v) is 3.23. The SMILES string of the molecule is N=C(N)NCCC[C@H](N)C(=O)OC(=O)NC(=O)O. The van der Waals surface area contributed by atoms with Gasteiger partial charge in [0, 0.05) is 6.54 Å². The summed E-state index contributed by atoms with van der Waals surface area (Å²) in [4.78, 5) is 32.0. The number of hydrogen-bond acceptors (Lipinski definition) is 6.